The average Bonchev–Trinajstić information content (AvgIpc) is 3.91. The normalized spacial score (nSPS) is 16.3. The molecule has 2 fully saturated rings. The molecule has 0 spiro atoms. The summed E-state index contributed by atoms with van der Waals surface area (Å²) in [5, 5.41) is 6.05. The van der Waals surface area contributed by atoms with Crippen LogP contribution >= 0.6 is 11.6 Å². The number of amides is 3. The number of piperazine rings is 1. The zero-order valence-electron chi connectivity index (χ0n) is 25.4. The van der Waals surface area contributed by atoms with Gasteiger partial charge in [-0.05, 0) is 65.9 Å². The Hall–Kier alpha value is -4.12. The minimum absolute atomic E-state index is 0.0747. The Morgan fingerprint density at radius 3 is 2.51 bits per heavy atom. The van der Waals surface area contributed by atoms with Crippen LogP contribution in [-0.4, -0.2) is 68.2 Å². The van der Waals surface area contributed by atoms with E-state index in [1.807, 2.05) is 65.6 Å². The molecule has 5 rings (SSSR count). The van der Waals surface area contributed by atoms with Crippen LogP contribution < -0.4 is 20.3 Å². The minimum Gasteiger partial charge on any atom is -0.494 e. The summed E-state index contributed by atoms with van der Waals surface area (Å²) in [6, 6.07) is 22.1. The number of ether oxygens (including phenoxy) is 3. The van der Waals surface area contributed by atoms with E-state index in [2.05, 4.69) is 10.6 Å². The second kappa shape index (κ2) is 15.7. The highest BCUT2D eigenvalue weighted by Gasteiger charge is 2.41. The van der Waals surface area contributed by atoms with Crippen LogP contribution in [0.4, 0.5) is 10.5 Å². The molecule has 0 radical (unpaired) electrons. The molecule has 1 atom stereocenters. The SMILES string of the molecule is CNC(=O)OCc1ccc(Cl)c(CN(C(=O)[C@H]2CNCC(=O)N2c2ccc(OCCCOCc3ccccc3)cc2)C2CC2)c1. The number of hydrogen-bond acceptors (Lipinski definition) is 7. The molecule has 0 bridgehead atoms. The Balaban J connectivity index is 1.20. The molecule has 3 aromatic carbocycles. The van der Waals surface area contributed by atoms with Crippen molar-refractivity contribution in [2.24, 2.45) is 0 Å². The smallest absolute Gasteiger partial charge is 0.407 e. The number of alkyl carbamates (subject to hydrolysis) is 1. The highest BCUT2D eigenvalue weighted by atomic mass is 35.5. The van der Waals surface area contributed by atoms with E-state index in [0.717, 1.165) is 36.0 Å². The van der Waals surface area contributed by atoms with Gasteiger partial charge in [-0.2, -0.15) is 0 Å². The molecule has 2 N–H and O–H groups in total. The Bertz CT molecular complexity index is 1450. The molecule has 238 valence electrons. The first kappa shape index (κ1) is 32.3. The second-order valence-corrected chi connectivity index (χ2v) is 11.5. The number of rotatable bonds is 14. The topological polar surface area (TPSA) is 109 Å². The van der Waals surface area contributed by atoms with Crippen molar-refractivity contribution in [2.75, 3.05) is 38.3 Å². The lowest BCUT2D eigenvalue weighted by Crippen LogP contribution is -2.61. The third-order valence-electron chi connectivity index (χ3n) is 7.70. The monoisotopic (exact) mass is 634 g/mol. The average molecular weight is 635 g/mol. The van der Waals surface area contributed by atoms with Crippen LogP contribution in [0.5, 0.6) is 5.75 Å². The molecule has 1 saturated carbocycles. The number of hydrogen-bond donors (Lipinski definition) is 2. The van der Waals surface area contributed by atoms with Crippen LogP contribution in [0.25, 0.3) is 0 Å². The van der Waals surface area contributed by atoms with Crippen LogP contribution in [0, 0.1) is 0 Å². The van der Waals surface area contributed by atoms with Crippen molar-refractivity contribution in [1.29, 1.82) is 0 Å². The predicted molar refractivity (Wildman–Crippen MR) is 171 cm³/mol. The van der Waals surface area contributed by atoms with Gasteiger partial charge in [-0.15, -0.1) is 0 Å². The zero-order valence-corrected chi connectivity index (χ0v) is 26.1. The van der Waals surface area contributed by atoms with Crippen molar-refractivity contribution in [3.8, 4) is 5.75 Å². The minimum atomic E-state index is -0.709. The summed E-state index contributed by atoms with van der Waals surface area (Å²) in [5.41, 5.74) is 3.29. The quantitative estimate of drug-likeness (QED) is 0.248. The standard InChI is InChI=1S/C34H39ClN4O6/c1-36-34(42)45-23-25-8-15-30(35)26(18-25)21-38(27-9-10-27)33(41)31-19-37-20-32(40)39(31)28-11-13-29(14-12-28)44-17-5-16-43-22-24-6-3-2-4-7-24/h2-4,6-8,11-15,18,27,31,37H,5,9-10,16-17,19-23H2,1H3,(H,36,42)/t31-/m1/s1. The van der Waals surface area contributed by atoms with E-state index in [0.29, 0.717) is 42.8 Å². The molecule has 2 aliphatic rings. The van der Waals surface area contributed by atoms with Crippen molar-refractivity contribution in [3.05, 3.63) is 94.5 Å². The lowest BCUT2D eigenvalue weighted by Gasteiger charge is -2.38. The van der Waals surface area contributed by atoms with Crippen LogP contribution in [0.1, 0.15) is 36.0 Å². The zero-order chi connectivity index (χ0) is 31.6. The van der Waals surface area contributed by atoms with Gasteiger partial charge in [0.1, 0.15) is 18.4 Å². The third-order valence-corrected chi connectivity index (χ3v) is 8.07. The maximum Gasteiger partial charge on any atom is 0.407 e. The molecule has 45 heavy (non-hydrogen) atoms. The Kier molecular flexibility index (Phi) is 11.3. The van der Waals surface area contributed by atoms with Crippen molar-refractivity contribution in [3.63, 3.8) is 0 Å². The lowest BCUT2D eigenvalue weighted by atomic mass is 10.1. The highest BCUT2D eigenvalue weighted by Crippen LogP contribution is 2.33. The number of carbonyl (C=O) groups is 3. The van der Waals surface area contributed by atoms with Gasteiger partial charge in [-0.3, -0.25) is 14.5 Å². The van der Waals surface area contributed by atoms with E-state index < -0.39 is 12.1 Å². The van der Waals surface area contributed by atoms with Gasteiger partial charge in [0.25, 0.3) is 0 Å². The fourth-order valence-electron chi connectivity index (χ4n) is 5.21. The summed E-state index contributed by atoms with van der Waals surface area (Å²) < 4.78 is 16.8. The van der Waals surface area contributed by atoms with Gasteiger partial charge in [0.05, 0.1) is 26.4 Å². The Labute approximate surface area is 268 Å². The molecule has 3 amide bonds. The van der Waals surface area contributed by atoms with Gasteiger partial charge in [-0.25, -0.2) is 4.79 Å². The predicted octanol–water partition coefficient (Wildman–Crippen LogP) is 4.68. The fraction of sp³-hybridized carbons (Fsp3) is 0.382. The van der Waals surface area contributed by atoms with E-state index in [4.69, 9.17) is 25.8 Å². The summed E-state index contributed by atoms with van der Waals surface area (Å²) in [5.74, 6) is 0.365. The van der Waals surface area contributed by atoms with Crippen molar-refractivity contribution >= 4 is 35.2 Å². The number of nitrogens with one attached hydrogen (secondary N) is 2. The van der Waals surface area contributed by atoms with E-state index in [1.54, 1.807) is 17.0 Å². The number of halogens is 1. The maximum absolute atomic E-state index is 14.1. The van der Waals surface area contributed by atoms with E-state index in [-0.39, 0.29) is 37.6 Å². The van der Waals surface area contributed by atoms with Gasteiger partial charge in [-0.1, -0.05) is 48.0 Å². The first-order valence-corrected chi connectivity index (χ1v) is 15.6. The van der Waals surface area contributed by atoms with Crippen LogP contribution in [0.15, 0.2) is 72.8 Å². The summed E-state index contributed by atoms with van der Waals surface area (Å²) in [6.45, 7) is 2.51. The van der Waals surface area contributed by atoms with E-state index in [9.17, 15) is 14.4 Å². The van der Waals surface area contributed by atoms with Gasteiger partial charge < -0.3 is 29.7 Å². The highest BCUT2D eigenvalue weighted by molar-refractivity contribution is 6.31. The summed E-state index contributed by atoms with van der Waals surface area (Å²) in [7, 11) is 1.50. The lowest BCUT2D eigenvalue weighted by molar-refractivity contribution is -0.136. The van der Waals surface area contributed by atoms with Crippen molar-refractivity contribution in [1.82, 2.24) is 15.5 Å². The maximum atomic E-state index is 14.1. The Morgan fingerprint density at radius 1 is 1.00 bits per heavy atom. The first-order chi connectivity index (χ1) is 21.9. The number of benzene rings is 3. The summed E-state index contributed by atoms with van der Waals surface area (Å²) in [6.07, 6.45) is 1.99. The molecule has 0 unspecified atom stereocenters. The van der Waals surface area contributed by atoms with Crippen molar-refractivity contribution in [2.45, 2.75) is 51.1 Å². The summed E-state index contributed by atoms with van der Waals surface area (Å²) >= 11 is 6.54. The van der Waals surface area contributed by atoms with E-state index >= 15 is 0 Å². The second-order valence-electron chi connectivity index (χ2n) is 11.1. The molecule has 1 saturated heterocycles. The van der Waals surface area contributed by atoms with Gasteiger partial charge in [0.15, 0.2) is 0 Å². The molecule has 1 aliphatic heterocycles. The number of nitrogens with zero attached hydrogens (tertiary/aromatic N) is 2. The van der Waals surface area contributed by atoms with Crippen LogP contribution in [0.3, 0.4) is 0 Å². The fourth-order valence-corrected chi connectivity index (χ4v) is 5.39. The molecular weight excluding hydrogens is 596 g/mol. The molecular formula is C34H39ClN4O6. The van der Waals surface area contributed by atoms with E-state index in [1.165, 1.54) is 7.05 Å². The molecule has 11 heteroatoms. The number of anilines is 1. The van der Waals surface area contributed by atoms with Gasteiger partial charge in [0, 0.05) is 43.3 Å². The van der Waals surface area contributed by atoms with Gasteiger partial charge >= 0.3 is 6.09 Å². The third kappa shape index (κ3) is 8.97. The Morgan fingerprint density at radius 2 is 1.78 bits per heavy atom. The van der Waals surface area contributed by atoms with Crippen LogP contribution in [-0.2, 0) is 38.8 Å². The molecule has 10 nitrogen and oxygen atoms in total. The molecule has 0 aromatic heterocycles. The summed E-state index contributed by atoms with van der Waals surface area (Å²) in [4.78, 5) is 42.2. The number of carbonyl (C=O) groups excluding carboxylic acids is 3. The molecule has 1 aliphatic carbocycles. The largest absolute Gasteiger partial charge is 0.494 e. The van der Waals surface area contributed by atoms with Gasteiger partial charge in [0.2, 0.25) is 11.8 Å². The molecule has 3 aromatic rings. The first-order valence-electron chi connectivity index (χ1n) is 15.2. The van der Waals surface area contributed by atoms with Crippen LogP contribution in [0.2, 0.25) is 5.02 Å². The molecule has 1 heterocycles. The van der Waals surface area contributed by atoms with Crippen molar-refractivity contribution < 1.29 is 28.6 Å².